The second-order valence-electron chi connectivity index (χ2n) is 3.59. The molecular formula is C13H13. The molecule has 0 aliphatic heterocycles. The average Bonchev–Trinajstić information content (AvgIpc) is 2.47. The van der Waals surface area contributed by atoms with Crippen molar-refractivity contribution in [3.8, 4) is 11.1 Å². The van der Waals surface area contributed by atoms with Crippen molar-refractivity contribution in [2.24, 2.45) is 0 Å². The molecule has 0 N–H and O–H groups in total. The summed E-state index contributed by atoms with van der Waals surface area (Å²) in [4.78, 5) is 0. The van der Waals surface area contributed by atoms with Gasteiger partial charge in [-0.3, -0.25) is 0 Å². The molecule has 0 spiro atoms. The van der Waals surface area contributed by atoms with Crippen LogP contribution in [0.2, 0.25) is 0 Å². The van der Waals surface area contributed by atoms with Crippen molar-refractivity contribution in [2.45, 2.75) is 13.8 Å². The zero-order valence-electron chi connectivity index (χ0n) is 8.09. The van der Waals surface area contributed by atoms with Crippen LogP contribution in [-0.4, -0.2) is 0 Å². The van der Waals surface area contributed by atoms with Gasteiger partial charge in [0.25, 0.3) is 0 Å². The van der Waals surface area contributed by atoms with Crippen molar-refractivity contribution < 1.29 is 0 Å². The summed E-state index contributed by atoms with van der Waals surface area (Å²) >= 11 is 0. The van der Waals surface area contributed by atoms with Crippen molar-refractivity contribution >= 4 is 0 Å². The van der Waals surface area contributed by atoms with Crippen molar-refractivity contribution in [3.63, 3.8) is 0 Å². The lowest BCUT2D eigenvalue weighted by molar-refractivity contribution is 1.44. The molecular weight excluding hydrogens is 156 g/mol. The second-order valence-corrected chi connectivity index (χ2v) is 3.59. The number of aryl methyl sites for hydroxylation is 2. The summed E-state index contributed by atoms with van der Waals surface area (Å²) in [5.74, 6) is 0. The Balaban J connectivity index is 2.85. The van der Waals surface area contributed by atoms with E-state index in [4.69, 9.17) is 0 Å². The van der Waals surface area contributed by atoms with Crippen LogP contribution in [0, 0.1) is 20.8 Å². The van der Waals surface area contributed by atoms with Gasteiger partial charge in [0, 0.05) is 0 Å². The smallest absolute Gasteiger partial charge is 0.0149 e. The van der Waals surface area contributed by atoms with Crippen LogP contribution in [0.5, 0.6) is 0 Å². The fourth-order valence-electron chi connectivity index (χ4n) is 1.86. The predicted molar refractivity (Wildman–Crippen MR) is 57.0 cm³/mol. The first-order chi connectivity index (χ1) is 6.18. The molecule has 1 radical (unpaired) electrons. The maximum atomic E-state index is 4.06. The fourth-order valence-corrected chi connectivity index (χ4v) is 1.86. The second kappa shape index (κ2) is 2.88. The SMILES string of the molecule is [CH2]c1cc(C)cc(C)c2cccc1-2. The van der Waals surface area contributed by atoms with E-state index in [9.17, 15) is 0 Å². The molecule has 0 aromatic rings. The molecule has 0 heterocycles. The highest BCUT2D eigenvalue weighted by atomic mass is 14.1. The minimum atomic E-state index is 1.12. The number of hydrogen-bond donors (Lipinski definition) is 0. The zero-order valence-corrected chi connectivity index (χ0v) is 8.09. The Labute approximate surface area is 79.6 Å². The Bertz CT molecular complexity index is 376. The average molecular weight is 169 g/mol. The van der Waals surface area contributed by atoms with Gasteiger partial charge in [-0.15, -0.1) is 0 Å². The first-order valence-corrected chi connectivity index (χ1v) is 4.50. The predicted octanol–water partition coefficient (Wildman–Crippen LogP) is 3.59. The summed E-state index contributed by atoms with van der Waals surface area (Å²) in [7, 11) is 0. The molecule has 0 aromatic carbocycles. The minimum Gasteiger partial charge on any atom is -0.0610 e. The molecule has 0 saturated heterocycles. The van der Waals surface area contributed by atoms with Crippen molar-refractivity contribution in [1.82, 2.24) is 0 Å². The molecule has 0 heteroatoms. The molecule has 0 saturated carbocycles. The van der Waals surface area contributed by atoms with Crippen LogP contribution >= 0.6 is 0 Å². The standard InChI is InChI=1S/C13H13/c1-9-7-10(2)12-5-4-6-13(12)11(3)8-9/h4-8H,2H2,1,3H3. The lowest BCUT2D eigenvalue weighted by Crippen LogP contribution is -1.75. The van der Waals surface area contributed by atoms with Gasteiger partial charge in [-0.1, -0.05) is 35.9 Å². The van der Waals surface area contributed by atoms with E-state index >= 15 is 0 Å². The summed E-state index contributed by atoms with van der Waals surface area (Å²) < 4.78 is 0. The van der Waals surface area contributed by atoms with E-state index in [1.807, 2.05) is 0 Å². The number of fused-ring (bicyclic) bond motifs is 1. The Hall–Kier alpha value is -1.30. The van der Waals surface area contributed by atoms with E-state index in [-0.39, 0.29) is 0 Å². The van der Waals surface area contributed by atoms with Crippen LogP contribution in [0.15, 0.2) is 30.3 Å². The van der Waals surface area contributed by atoms with Gasteiger partial charge < -0.3 is 0 Å². The molecule has 0 amide bonds. The summed E-state index contributed by atoms with van der Waals surface area (Å²) in [5, 5.41) is 0. The van der Waals surface area contributed by atoms with Crippen molar-refractivity contribution in [1.29, 1.82) is 0 Å². The Kier molecular flexibility index (Phi) is 1.84. The molecule has 13 heavy (non-hydrogen) atoms. The van der Waals surface area contributed by atoms with Gasteiger partial charge in [0.15, 0.2) is 0 Å². The molecule has 0 aromatic heterocycles. The van der Waals surface area contributed by atoms with Gasteiger partial charge in [0.2, 0.25) is 0 Å². The van der Waals surface area contributed by atoms with Gasteiger partial charge in [-0.05, 0) is 43.0 Å². The van der Waals surface area contributed by atoms with E-state index in [1.54, 1.807) is 0 Å². The first kappa shape index (κ1) is 8.31. The largest absolute Gasteiger partial charge is 0.0610 e. The lowest BCUT2D eigenvalue weighted by atomic mass is 10.1. The number of hydrogen-bond acceptors (Lipinski definition) is 0. The normalized spacial score (nSPS) is 10.7. The van der Waals surface area contributed by atoms with Gasteiger partial charge >= 0.3 is 0 Å². The topological polar surface area (TPSA) is 0 Å². The Morgan fingerprint density at radius 1 is 1.00 bits per heavy atom. The Morgan fingerprint density at radius 3 is 2.46 bits per heavy atom. The number of rotatable bonds is 0. The zero-order chi connectivity index (χ0) is 9.42. The summed E-state index contributed by atoms with van der Waals surface area (Å²) in [6.07, 6.45) is 0. The van der Waals surface area contributed by atoms with Crippen LogP contribution in [0.25, 0.3) is 11.1 Å². The molecule has 0 atom stereocenters. The van der Waals surface area contributed by atoms with E-state index in [1.165, 1.54) is 22.3 Å². The third kappa shape index (κ3) is 1.33. The third-order valence-corrected chi connectivity index (χ3v) is 2.43. The summed E-state index contributed by atoms with van der Waals surface area (Å²) in [5.41, 5.74) is 6.31. The molecule has 2 aliphatic rings. The molecule has 0 unspecified atom stereocenters. The minimum absolute atomic E-state index is 1.12. The van der Waals surface area contributed by atoms with Crippen LogP contribution < -0.4 is 0 Å². The highest BCUT2D eigenvalue weighted by Gasteiger charge is 2.06. The summed E-state index contributed by atoms with van der Waals surface area (Å²) in [6.45, 7) is 8.32. The van der Waals surface area contributed by atoms with Crippen LogP contribution in [0.4, 0.5) is 0 Å². The first-order valence-electron chi connectivity index (χ1n) is 4.50. The highest BCUT2D eigenvalue weighted by molar-refractivity contribution is 5.73. The van der Waals surface area contributed by atoms with Gasteiger partial charge in [0.1, 0.15) is 0 Å². The maximum absolute atomic E-state index is 4.06. The maximum Gasteiger partial charge on any atom is -0.0149 e. The summed E-state index contributed by atoms with van der Waals surface area (Å²) in [6, 6.07) is 10.7. The van der Waals surface area contributed by atoms with E-state index in [2.05, 4.69) is 51.1 Å². The van der Waals surface area contributed by atoms with E-state index < -0.39 is 0 Å². The van der Waals surface area contributed by atoms with Gasteiger partial charge in [-0.25, -0.2) is 0 Å². The molecule has 0 bridgehead atoms. The van der Waals surface area contributed by atoms with Crippen LogP contribution in [-0.2, 0) is 0 Å². The van der Waals surface area contributed by atoms with Crippen LogP contribution in [0.1, 0.15) is 16.7 Å². The van der Waals surface area contributed by atoms with Crippen LogP contribution in [0.3, 0.4) is 0 Å². The monoisotopic (exact) mass is 169 g/mol. The van der Waals surface area contributed by atoms with Crippen molar-refractivity contribution in [2.75, 3.05) is 0 Å². The molecule has 0 fully saturated rings. The van der Waals surface area contributed by atoms with E-state index in [0.717, 1.165) is 5.56 Å². The van der Waals surface area contributed by atoms with E-state index in [0.29, 0.717) is 0 Å². The molecule has 65 valence electrons. The van der Waals surface area contributed by atoms with Gasteiger partial charge in [-0.2, -0.15) is 0 Å². The molecule has 0 nitrogen and oxygen atoms in total. The Morgan fingerprint density at radius 2 is 1.69 bits per heavy atom. The fraction of sp³-hybridized carbons (Fsp3) is 0.154. The molecule has 2 aliphatic carbocycles. The quantitative estimate of drug-likeness (QED) is 0.565. The third-order valence-electron chi connectivity index (χ3n) is 2.43. The molecule has 2 rings (SSSR count). The highest BCUT2D eigenvalue weighted by Crippen LogP contribution is 2.29. The lowest BCUT2D eigenvalue weighted by Gasteiger charge is -1.98. The van der Waals surface area contributed by atoms with Crippen molar-refractivity contribution in [3.05, 3.63) is 53.9 Å². The van der Waals surface area contributed by atoms with Gasteiger partial charge in [0.05, 0.1) is 0 Å².